The Kier molecular flexibility index (Phi) is 7.21. The second kappa shape index (κ2) is 10.7. The lowest BCUT2D eigenvalue weighted by Gasteiger charge is -2.29. The molecular formula is C28H30ClN3O3. The van der Waals surface area contributed by atoms with Gasteiger partial charge in [0.05, 0.1) is 13.2 Å². The molecule has 3 heterocycles. The Morgan fingerprint density at radius 3 is 2.86 bits per heavy atom. The van der Waals surface area contributed by atoms with Crippen LogP contribution in [0.25, 0.3) is 11.1 Å². The molecule has 2 aliphatic rings. The van der Waals surface area contributed by atoms with E-state index in [9.17, 15) is 4.79 Å². The summed E-state index contributed by atoms with van der Waals surface area (Å²) in [5.74, 6) is 1.81. The van der Waals surface area contributed by atoms with Gasteiger partial charge >= 0.3 is 0 Å². The van der Waals surface area contributed by atoms with Crippen molar-refractivity contribution in [3.8, 4) is 22.6 Å². The third-order valence-electron chi connectivity index (χ3n) is 6.63. The minimum Gasteiger partial charge on any atom is -0.489 e. The van der Waals surface area contributed by atoms with Gasteiger partial charge in [0.15, 0.2) is 11.5 Å². The lowest BCUT2D eigenvalue weighted by molar-refractivity contribution is 0.0727. The van der Waals surface area contributed by atoms with Crippen LogP contribution in [0.5, 0.6) is 11.5 Å². The number of aromatic nitrogens is 1. The van der Waals surface area contributed by atoms with Crippen molar-refractivity contribution in [1.29, 1.82) is 0 Å². The van der Waals surface area contributed by atoms with Gasteiger partial charge in [-0.1, -0.05) is 29.8 Å². The molecule has 2 aromatic carbocycles. The van der Waals surface area contributed by atoms with E-state index in [1.54, 1.807) is 17.2 Å². The van der Waals surface area contributed by atoms with Gasteiger partial charge < -0.3 is 19.3 Å². The summed E-state index contributed by atoms with van der Waals surface area (Å²) in [4.78, 5) is 21.6. The normalized spacial score (nSPS) is 18.3. The van der Waals surface area contributed by atoms with Gasteiger partial charge in [-0.05, 0) is 74.0 Å². The topological polar surface area (TPSA) is 54.9 Å². The molecule has 2 aliphatic heterocycles. The van der Waals surface area contributed by atoms with Gasteiger partial charge in [0, 0.05) is 35.8 Å². The number of hydrogen-bond donors (Lipinski definition) is 0. The summed E-state index contributed by atoms with van der Waals surface area (Å²) in [6.45, 7) is 4.09. The Morgan fingerprint density at radius 1 is 1.14 bits per heavy atom. The van der Waals surface area contributed by atoms with Gasteiger partial charge in [0.25, 0.3) is 5.91 Å². The number of fused-ring (bicyclic) bond motifs is 1. The van der Waals surface area contributed by atoms with Crippen LogP contribution in [-0.2, 0) is 6.54 Å². The van der Waals surface area contributed by atoms with Gasteiger partial charge in [-0.3, -0.25) is 9.78 Å². The molecule has 0 radical (unpaired) electrons. The van der Waals surface area contributed by atoms with Crippen LogP contribution in [0.1, 0.15) is 28.9 Å². The van der Waals surface area contributed by atoms with Crippen molar-refractivity contribution in [1.82, 2.24) is 14.8 Å². The summed E-state index contributed by atoms with van der Waals surface area (Å²) in [6, 6.07) is 17.3. The number of carbonyl (C=O) groups excluding carboxylic acids is 1. The van der Waals surface area contributed by atoms with Crippen molar-refractivity contribution in [3.63, 3.8) is 0 Å². The molecule has 3 aromatic rings. The third-order valence-corrected chi connectivity index (χ3v) is 6.86. The van der Waals surface area contributed by atoms with E-state index in [1.165, 1.54) is 6.42 Å². The number of rotatable bonds is 5. The van der Waals surface area contributed by atoms with Gasteiger partial charge in [-0.25, -0.2) is 0 Å². The van der Waals surface area contributed by atoms with Gasteiger partial charge in [-0.15, -0.1) is 0 Å². The molecule has 35 heavy (non-hydrogen) atoms. The highest BCUT2D eigenvalue weighted by Gasteiger charge is 2.26. The van der Waals surface area contributed by atoms with Crippen LogP contribution < -0.4 is 9.47 Å². The zero-order chi connectivity index (χ0) is 24.2. The maximum Gasteiger partial charge on any atom is 0.272 e. The molecule has 6 nitrogen and oxygen atoms in total. The number of likely N-dealkylation sites (tertiary alicyclic amines) is 1. The Bertz CT molecular complexity index is 1190. The molecule has 5 rings (SSSR count). The van der Waals surface area contributed by atoms with Crippen LogP contribution in [0, 0.1) is 5.92 Å². The number of pyridine rings is 1. The van der Waals surface area contributed by atoms with Crippen molar-refractivity contribution >= 4 is 17.5 Å². The Morgan fingerprint density at radius 2 is 2.06 bits per heavy atom. The van der Waals surface area contributed by atoms with Crippen LogP contribution in [0.4, 0.5) is 0 Å². The SMILES string of the molecule is CN1CCCC(COc2cc(-c3cccc(Cl)c3)cc3c2OCCN(C(=O)c2ccccn2)C3)C1. The summed E-state index contributed by atoms with van der Waals surface area (Å²) >= 11 is 6.29. The lowest BCUT2D eigenvalue weighted by Crippen LogP contribution is -2.34. The number of hydrogen-bond acceptors (Lipinski definition) is 5. The van der Waals surface area contributed by atoms with E-state index in [2.05, 4.69) is 23.0 Å². The highest BCUT2D eigenvalue weighted by molar-refractivity contribution is 6.30. The lowest BCUT2D eigenvalue weighted by atomic mass is 9.99. The van der Waals surface area contributed by atoms with Crippen molar-refractivity contribution in [2.24, 2.45) is 5.92 Å². The number of halogens is 1. The standard InChI is InChI=1S/C28H30ClN3O3/c1-31-11-5-6-20(17-31)19-35-26-16-22(21-7-4-8-24(29)15-21)14-23-18-32(12-13-34-27(23)26)28(33)25-9-2-3-10-30-25/h2-4,7-10,14-16,20H,5-6,11-13,17-19H2,1H3. The Labute approximate surface area is 211 Å². The molecule has 182 valence electrons. The van der Waals surface area contributed by atoms with Crippen LogP contribution in [0.3, 0.4) is 0 Å². The third kappa shape index (κ3) is 5.60. The van der Waals surface area contributed by atoms with E-state index in [0.29, 0.717) is 42.9 Å². The molecule has 1 fully saturated rings. The fourth-order valence-corrected chi connectivity index (χ4v) is 5.06. The average Bonchev–Trinajstić information content (AvgIpc) is 3.10. The van der Waals surface area contributed by atoms with Crippen molar-refractivity contribution in [2.75, 3.05) is 39.9 Å². The van der Waals surface area contributed by atoms with E-state index in [1.807, 2.05) is 42.5 Å². The smallest absolute Gasteiger partial charge is 0.272 e. The molecular weight excluding hydrogens is 462 g/mol. The van der Waals surface area contributed by atoms with Crippen molar-refractivity contribution < 1.29 is 14.3 Å². The van der Waals surface area contributed by atoms with Gasteiger partial charge in [0.1, 0.15) is 12.3 Å². The number of ether oxygens (including phenoxy) is 2. The Balaban J connectivity index is 1.47. The number of amides is 1. The minimum atomic E-state index is -0.108. The fourth-order valence-electron chi connectivity index (χ4n) is 4.87. The first-order valence-electron chi connectivity index (χ1n) is 12.1. The summed E-state index contributed by atoms with van der Waals surface area (Å²) in [6.07, 6.45) is 3.99. The minimum absolute atomic E-state index is 0.108. The first-order valence-corrected chi connectivity index (χ1v) is 12.5. The Hall–Kier alpha value is -3.09. The molecule has 1 atom stereocenters. The molecule has 1 aromatic heterocycles. The van der Waals surface area contributed by atoms with E-state index < -0.39 is 0 Å². The van der Waals surface area contributed by atoms with E-state index >= 15 is 0 Å². The molecule has 0 N–H and O–H groups in total. The monoisotopic (exact) mass is 491 g/mol. The number of piperidine rings is 1. The highest BCUT2D eigenvalue weighted by Crippen LogP contribution is 2.39. The summed E-state index contributed by atoms with van der Waals surface area (Å²) in [5, 5.41) is 0.674. The largest absolute Gasteiger partial charge is 0.489 e. The molecule has 1 saturated heterocycles. The summed E-state index contributed by atoms with van der Waals surface area (Å²) in [5.41, 5.74) is 3.33. The number of nitrogens with zero attached hydrogens (tertiary/aromatic N) is 3. The highest BCUT2D eigenvalue weighted by atomic mass is 35.5. The maximum absolute atomic E-state index is 13.2. The van der Waals surface area contributed by atoms with E-state index in [-0.39, 0.29) is 5.91 Å². The van der Waals surface area contributed by atoms with Crippen LogP contribution in [0.2, 0.25) is 5.02 Å². The van der Waals surface area contributed by atoms with Crippen LogP contribution in [-0.4, -0.2) is 60.6 Å². The molecule has 0 aliphatic carbocycles. The predicted molar refractivity (Wildman–Crippen MR) is 137 cm³/mol. The van der Waals surface area contributed by atoms with Gasteiger partial charge in [0.2, 0.25) is 0 Å². The molecule has 1 unspecified atom stereocenters. The molecule has 0 bridgehead atoms. The molecule has 1 amide bonds. The maximum atomic E-state index is 13.2. The van der Waals surface area contributed by atoms with Crippen molar-refractivity contribution in [3.05, 3.63) is 77.1 Å². The predicted octanol–water partition coefficient (Wildman–Crippen LogP) is 5.16. The van der Waals surface area contributed by atoms with Crippen LogP contribution >= 0.6 is 11.6 Å². The quantitative estimate of drug-likeness (QED) is 0.493. The molecule has 7 heteroatoms. The second-order valence-electron chi connectivity index (χ2n) is 9.34. The number of benzene rings is 2. The zero-order valence-corrected chi connectivity index (χ0v) is 20.7. The van der Waals surface area contributed by atoms with Crippen molar-refractivity contribution in [2.45, 2.75) is 19.4 Å². The van der Waals surface area contributed by atoms with Gasteiger partial charge in [-0.2, -0.15) is 0 Å². The first-order chi connectivity index (χ1) is 17.1. The summed E-state index contributed by atoms with van der Waals surface area (Å²) < 4.78 is 12.6. The molecule has 0 spiro atoms. The van der Waals surface area contributed by atoms with E-state index in [0.717, 1.165) is 47.7 Å². The first kappa shape index (κ1) is 23.6. The zero-order valence-electron chi connectivity index (χ0n) is 20.0. The number of carbonyl (C=O) groups is 1. The average molecular weight is 492 g/mol. The van der Waals surface area contributed by atoms with Crippen LogP contribution in [0.15, 0.2) is 60.8 Å². The summed E-state index contributed by atoms with van der Waals surface area (Å²) in [7, 11) is 2.16. The second-order valence-corrected chi connectivity index (χ2v) is 9.78. The fraction of sp³-hybridized carbons (Fsp3) is 0.357. The van der Waals surface area contributed by atoms with E-state index in [4.69, 9.17) is 21.1 Å². The molecule has 0 saturated carbocycles.